The molecule has 2 aliphatic carbocycles. The van der Waals surface area contributed by atoms with Crippen LogP contribution in [0.5, 0.6) is 0 Å². The molecule has 0 amide bonds. The lowest BCUT2D eigenvalue weighted by atomic mass is 9.42. The topological polar surface area (TPSA) is 108 Å². The molecule has 0 radical (unpaired) electrons. The van der Waals surface area contributed by atoms with Crippen LogP contribution >= 0.6 is 0 Å². The van der Waals surface area contributed by atoms with Gasteiger partial charge in [-0.3, -0.25) is 9.59 Å². The molecule has 1 aromatic rings. The number of aliphatic hydroxyl groups is 1. The Morgan fingerprint density at radius 2 is 2.16 bits per heavy atom. The smallest absolute Gasteiger partial charge is 0.303 e. The number of esters is 1. The van der Waals surface area contributed by atoms with E-state index in [1.807, 2.05) is 13.0 Å². The number of rotatable bonds is 4. The number of Topliss-reactive ketones (excluding diaryl/α,β-unsaturated/α-hetero) is 1. The Kier molecular flexibility index (Phi) is 4.86. The third kappa shape index (κ3) is 2.62. The van der Waals surface area contributed by atoms with Crippen molar-refractivity contribution in [1.82, 2.24) is 0 Å². The van der Waals surface area contributed by atoms with E-state index in [0.29, 0.717) is 13.0 Å². The summed E-state index contributed by atoms with van der Waals surface area (Å²) in [6, 6.07) is 1.86. The van der Waals surface area contributed by atoms with Crippen molar-refractivity contribution in [1.29, 1.82) is 0 Å². The summed E-state index contributed by atoms with van der Waals surface area (Å²) in [5.74, 6) is -1.40. The maximum absolute atomic E-state index is 13.8. The first-order valence-electron chi connectivity index (χ1n) is 11.0. The second-order valence-electron chi connectivity index (χ2n) is 9.61. The normalized spacial score (nSPS) is 46.3. The van der Waals surface area contributed by atoms with Crippen LogP contribution in [0.2, 0.25) is 0 Å². The average Bonchev–Trinajstić information content (AvgIpc) is 3.18. The Labute approximate surface area is 181 Å². The summed E-state index contributed by atoms with van der Waals surface area (Å²) in [6.45, 7) is 3.32. The van der Waals surface area contributed by atoms with Gasteiger partial charge < -0.3 is 28.5 Å². The predicted molar refractivity (Wildman–Crippen MR) is 106 cm³/mol. The van der Waals surface area contributed by atoms with Gasteiger partial charge in [0.25, 0.3) is 0 Å². The number of ether oxygens (including phenoxy) is 4. The van der Waals surface area contributed by atoms with Crippen LogP contribution in [0.3, 0.4) is 0 Å². The minimum absolute atomic E-state index is 0.180. The fourth-order valence-corrected chi connectivity index (χ4v) is 7.14. The summed E-state index contributed by atoms with van der Waals surface area (Å²) in [6.07, 6.45) is 4.21. The molecule has 0 aromatic carbocycles. The number of carbonyl (C=O) groups is 2. The molecule has 1 aromatic heterocycles. The Hall–Kier alpha value is -1.74. The molecule has 3 heterocycles. The molecule has 0 bridgehead atoms. The average molecular weight is 434 g/mol. The third-order valence-electron chi connectivity index (χ3n) is 8.58. The van der Waals surface area contributed by atoms with Crippen molar-refractivity contribution >= 4 is 11.8 Å². The molecule has 8 atom stereocenters. The van der Waals surface area contributed by atoms with Crippen LogP contribution in [-0.4, -0.2) is 55.2 Å². The van der Waals surface area contributed by atoms with Gasteiger partial charge in [-0.05, 0) is 31.2 Å². The fraction of sp³-hybridized carbons (Fsp3) is 0.739. The van der Waals surface area contributed by atoms with E-state index in [9.17, 15) is 14.7 Å². The number of ketones is 1. The second kappa shape index (κ2) is 7.13. The van der Waals surface area contributed by atoms with Crippen molar-refractivity contribution in [3.8, 4) is 0 Å². The SMILES string of the molecule is CO[C@H]1O[C@H](c2ccoc2)C[C@]12[C@H](C)C(=O)[C@H](OC(C)=O)[C@]1(CO)[C@@H]2CCC[C@]12CO2. The molecule has 4 fully saturated rings. The largest absolute Gasteiger partial charge is 0.472 e. The molecule has 0 unspecified atom stereocenters. The fourth-order valence-electron chi connectivity index (χ4n) is 7.14. The highest BCUT2D eigenvalue weighted by molar-refractivity contribution is 5.90. The van der Waals surface area contributed by atoms with E-state index in [-0.39, 0.29) is 24.4 Å². The molecule has 1 N–H and O–H groups in total. The monoisotopic (exact) mass is 434 g/mol. The number of carbonyl (C=O) groups excluding carboxylic acids is 2. The van der Waals surface area contributed by atoms with Gasteiger partial charge in [0.05, 0.1) is 37.3 Å². The minimum atomic E-state index is -1.05. The summed E-state index contributed by atoms with van der Waals surface area (Å²) in [5.41, 5.74) is -1.48. The number of aliphatic hydroxyl groups excluding tert-OH is 1. The first-order valence-corrected chi connectivity index (χ1v) is 11.0. The Morgan fingerprint density at radius 3 is 2.74 bits per heavy atom. The molecule has 2 spiro atoms. The van der Waals surface area contributed by atoms with Crippen molar-refractivity contribution in [2.75, 3.05) is 20.3 Å². The second-order valence-corrected chi connectivity index (χ2v) is 9.61. The predicted octanol–water partition coefficient (Wildman–Crippen LogP) is 2.40. The van der Waals surface area contributed by atoms with Gasteiger partial charge in [0.15, 0.2) is 18.2 Å². The molecule has 31 heavy (non-hydrogen) atoms. The molecule has 8 nitrogen and oxygen atoms in total. The van der Waals surface area contributed by atoms with E-state index in [2.05, 4.69) is 0 Å². The zero-order chi connectivity index (χ0) is 22.0. The van der Waals surface area contributed by atoms with Gasteiger partial charge in [-0.15, -0.1) is 0 Å². The summed E-state index contributed by atoms with van der Waals surface area (Å²) >= 11 is 0. The Bertz CT molecular complexity index is 861. The summed E-state index contributed by atoms with van der Waals surface area (Å²) < 4.78 is 29.1. The van der Waals surface area contributed by atoms with Crippen LogP contribution in [0.1, 0.15) is 51.2 Å². The molecule has 2 saturated heterocycles. The van der Waals surface area contributed by atoms with Crippen LogP contribution in [0.4, 0.5) is 0 Å². The molecular formula is C23H30O8. The number of furan rings is 1. The van der Waals surface area contributed by atoms with Crippen LogP contribution in [-0.2, 0) is 28.5 Å². The molecule has 5 rings (SSSR count). The number of hydrogen-bond acceptors (Lipinski definition) is 8. The van der Waals surface area contributed by atoms with Crippen molar-refractivity contribution in [3.05, 3.63) is 24.2 Å². The number of epoxide rings is 1. The van der Waals surface area contributed by atoms with E-state index >= 15 is 0 Å². The molecule has 170 valence electrons. The number of methoxy groups -OCH3 is 1. The van der Waals surface area contributed by atoms with Crippen molar-refractivity contribution < 1.29 is 38.1 Å². The maximum atomic E-state index is 13.8. The van der Waals surface area contributed by atoms with Crippen LogP contribution in [0, 0.1) is 22.7 Å². The van der Waals surface area contributed by atoms with Gasteiger partial charge >= 0.3 is 5.97 Å². The highest BCUT2D eigenvalue weighted by Crippen LogP contribution is 2.71. The molecule has 2 saturated carbocycles. The van der Waals surface area contributed by atoms with E-state index in [4.69, 9.17) is 23.4 Å². The zero-order valence-electron chi connectivity index (χ0n) is 18.2. The molecular weight excluding hydrogens is 404 g/mol. The van der Waals surface area contributed by atoms with Crippen LogP contribution in [0.25, 0.3) is 0 Å². The van der Waals surface area contributed by atoms with Crippen molar-refractivity contribution in [2.45, 2.75) is 63.6 Å². The van der Waals surface area contributed by atoms with Crippen molar-refractivity contribution in [2.24, 2.45) is 22.7 Å². The van der Waals surface area contributed by atoms with E-state index < -0.39 is 40.7 Å². The third-order valence-corrected chi connectivity index (χ3v) is 8.58. The summed E-state index contributed by atoms with van der Waals surface area (Å²) in [7, 11) is 1.59. The molecule has 2 aliphatic heterocycles. The van der Waals surface area contributed by atoms with Gasteiger partial charge in [-0.25, -0.2) is 0 Å². The summed E-state index contributed by atoms with van der Waals surface area (Å²) in [4.78, 5) is 25.9. The first kappa shape index (κ1) is 21.1. The first-order chi connectivity index (χ1) is 14.9. The van der Waals surface area contributed by atoms with E-state index in [1.165, 1.54) is 6.92 Å². The standard InChI is InChI=1S/C23H30O8/c1-13-18(26)19(30-14(2)25)23(11-24)17(5-4-7-21(23)12-29-21)22(13)9-16(31-20(22)27-3)15-6-8-28-10-15/h6,8,10,13,16-17,19-20,24H,4-5,7,9,11-12H2,1-3H3/t13-,16+,17-,19+,20+,21+,22-,23+/m1/s1. The van der Waals surface area contributed by atoms with Gasteiger partial charge in [0.1, 0.15) is 5.60 Å². The van der Waals surface area contributed by atoms with Gasteiger partial charge in [-0.1, -0.05) is 13.3 Å². The molecule has 8 heteroatoms. The minimum Gasteiger partial charge on any atom is -0.472 e. The maximum Gasteiger partial charge on any atom is 0.303 e. The highest BCUT2D eigenvalue weighted by atomic mass is 16.7. The number of hydrogen-bond donors (Lipinski definition) is 1. The van der Waals surface area contributed by atoms with E-state index in [1.54, 1.807) is 19.6 Å². The highest BCUT2D eigenvalue weighted by Gasteiger charge is 2.79. The Morgan fingerprint density at radius 1 is 1.39 bits per heavy atom. The lowest BCUT2D eigenvalue weighted by Gasteiger charge is -2.62. The lowest BCUT2D eigenvalue weighted by Crippen LogP contribution is -2.72. The van der Waals surface area contributed by atoms with Gasteiger partial charge in [-0.2, -0.15) is 0 Å². The summed E-state index contributed by atoms with van der Waals surface area (Å²) in [5, 5.41) is 10.9. The van der Waals surface area contributed by atoms with Crippen LogP contribution in [0.15, 0.2) is 23.0 Å². The lowest BCUT2D eigenvalue weighted by molar-refractivity contribution is -0.256. The number of fused-ring (bicyclic) bond motifs is 3. The van der Waals surface area contributed by atoms with Gasteiger partial charge in [0.2, 0.25) is 0 Å². The van der Waals surface area contributed by atoms with Crippen molar-refractivity contribution in [3.63, 3.8) is 0 Å². The quantitative estimate of drug-likeness (QED) is 0.569. The van der Waals surface area contributed by atoms with Gasteiger partial charge in [0, 0.05) is 30.9 Å². The zero-order valence-corrected chi connectivity index (χ0v) is 18.2. The molecule has 4 aliphatic rings. The van der Waals surface area contributed by atoms with Crippen LogP contribution < -0.4 is 0 Å². The van der Waals surface area contributed by atoms with E-state index in [0.717, 1.165) is 24.8 Å². The Balaban J connectivity index is 1.67.